The highest BCUT2D eigenvalue weighted by atomic mass is 16.5. The van der Waals surface area contributed by atoms with E-state index in [-0.39, 0.29) is 12.0 Å². The van der Waals surface area contributed by atoms with E-state index in [9.17, 15) is 0 Å². The van der Waals surface area contributed by atoms with Gasteiger partial charge in [0.1, 0.15) is 0 Å². The van der Waals surface area contributed by atoms with Crippen LogP contribution in [-0.2, 0) is 4.74 Å². The summed E-state index contributed by atoms with van der Waals surface area (Å²) in [6.45, 7) is 4.22. The van der Waals surface area contributed by atoms with Gasteiger partial charge in [-0.2, -0.15) is 4.98 Å². The van der Waals surface area contributed by atoms with Crippen molar-refractivity contribution in [2.24, 2.45) is 0 Å². The van der Waals surface area contributed by atoms with Crippen LogP contribution in [-0.4, -0.2) is 29.9 Å². The lowest BCUT2D eigenvalue weighted by Gasteiger charge is -2.20. The first-order valence-electron chi connectivity index (χ1n) is 6.54. The Bertz CT molecular complexity index is 520. The van der Waals surface area contributed by atoms with Gasteiger partial charge in [0, 0.05) is 6.54 Å². The van der Waals surface area contributed by atoms with Crippen molar-refractivity contribution in [1.29, 1.82) is 0 Å². The van der Waals surface area contributed by atoms with Crippen LogP contribution < -0.4 is 5.32 Å². The molecule has 1 aromatic carbocycles. The number of benzene rings is 1. The molecule has 1 aliphatic heterocycles. The molecule has 2 unspecified atom stereocenters. The molecule has 1 aliphatic rings. The van der Waals surface area contributed by atoms with Crippen molar-refractivity contribution in [3.05, 3.63) is 47.6 Å². The number of morpholine rings is 1. The maximum Gasteiger partial charge on any atom is 0.233 e. The van der Waals surface area contributed by atoms with E-state index in [0.717, 1.165) is 13.2 Å². The Labute approximate surface area is 112 Å². The van der Waals surface area contributed by atoms with Crippen molar-refractivity contribution in [2.75, 3.05) is 19.8 Å². The highest BCUT2D eigenvalue weighted by Crippen LogP contribution is 2.23. The van der Waals surface area contributed by atoms with E-state index in [1.807, 2.05) is 18.2 Å². The topological polar surface area (TPSA) is 60.2 Å². The van der Waals surface area contributed by atoms with Crippen LogP contribution in [0.5, 0.6) is 0 Å². The zero-order chi connectivity index (χ0) is 13.1. The standard InChI is InChI=1S/C14H17N3O2/c1-10(11-5-3-2-4-6-11)14-16-13(17-19-14)12-9-18-8-7-15-12/h2-6,10,12,15H,7-9H2,1H3. The second kappa shape index (κ2) is 5.50. The summed E-state index contributed by atoms with van der Waals surface area (Å²) in [6.07, 6.45) is 0. The quantitative estimate of drug-likeness (QED) is 0.912. The average molecular weight is 259 g/mol. The normalized spacial score (nSPS) is 21.2. The molecule has 100 valence electrons. The van der Waals surface area contributed by atoms with E-state index in [4.69, 9.17) is 9.26 Å². The van der Waals surface area contributed by atoms with E-state index in [1.165, 1.54) is 5.56 Å². The molecule has 5 heteroatoms. The molecule has 5 nitrogen and oxygen atoms in total. The number of rotatable bonds is 3. The maximum absolute atomic E-state index is 5.41. The molecule has 2 heterocycles. The molecule has 0 bridgehead atoms. The largest absolute Gasteiger partial charge is 0.378 e. The van der Waals surface area contributed by atoms with Gasteiger partial charge in [0.2, 0.25) is 5.89 Å². The van der Waals surface area contributed by atoms with E-state index in [0.29, 0.717) is 18.3 Å². The van der Waals surface area contributed by atoms with E-state index >= 15 is 0 Å². The van der Waals surface area contributed by atoms with Crippen molar-refractivity contribution < 1.29 is 9.26 Å². The first-order valence-corrected chi connectivity index (χ1v) is 6.54. The molecule has 19 heavy (non-hydrogen) atoms. The summed E-state index contributed by atoms with van der Waals surface area (Å²) in [5.74, 6) is 1.43. The van der Waals surface area contributed by atoms with Crippen molar-refractivity contribution in [3.63, 3.8) is 0 Å². The van der Waals surface area contributed by atoms with E-state index < -0.39 is 0 Å². The molecule has 0 spiro atoms. The third-order valence-electron chi connectivity index (χ3n) is 3.36. The predicted octanol–water partition coefficient (Wildman–Crippen LogP) is 1.88. The third kappa shape index (κ3) is 2.67. The lowest BCUT2D eigenvalue weighted by atomic mass is 10.0. The second-order valence-corrected chi connectivity index (χ2v) is 4.70. The highest BCUT2D eigenvalue weighted by Gasteiger charge is 2.23. The molecule has 3 rings (SSSR count). The molecule has 0 amide bonds. The van der Waals surface area contributed by atoms with Crippen molar-refractivity contribution >= 4 is 0 Å². The van der Waals surface area contributed by atoms with Gasteiger partial charge in [0.05, 0.1) is 25.2 Å². The number of ether oxygens (including phenoxy) is 1. The van der Waals surface area contributed by atoms with Gasteiger partial charge in [-0.15, -0.1) is 0 Å². The van der Waals surface area contributed by atoms with Gasteiger partial charge in [0.25, 0.3) is 0 Å². The number of aromatic nitrogens is 2. The monoisotopic (exact) mass is 259 g/mol. The van der Waals surface area contributed by atoms with Gasteiger partial charge in [-0.3, -0.25) is 0 Å². The Morgan fingerprint density at radius 3 is 2.89 bits per heavy atom. The Morgan fingerprint density at radius 1 is 1.32 bits per heavy atom. The molecule has 1 saturated heterocycles. The number of nitrogens with zero attached hydrogens (tertiary/aromatic N) is 2. The minimum absolute atomic E-state index is 0.0363. The Morgan fingerprint density at radius 2 is 2.16 bits per heavy atom. The van der Waals surface area contributed by atoms with Gasteiger partial charge in [-0.1, -0.05) is 35.5 Å². The summed E-state index contributed by atoms with van der Waals surface area (Å²) in [5.41, 5.74) is 1.17. The molecule has 0 radical (unpaired) electrons. The van der Waals surface area contributed by atoms with Gasteiger partial charge in [-0.05, 0) is 12.5 Å². The van der Waals surface area contributed by atoms with Crippen LogP contribution in [0.1, 0.15) is 36.2 Å². The SMILES string of the molecule is CC(c1ccccc1)c1nc(C2COCCN2)no1. The van der Waals surface area contributed by atoms with Crippen LogP contribution in [0.4, 0.5) is 0 Å². The fourth-order valence-electron chi connectivity index (χ4n) is 2.18. The van der Waals surface area contributed by atoms with Crippen molar-refractivity contribution in [3.8, 4) is 0 Å². The zero-order valence-corrected chi connectivity index (χ0v) is 10.9. The van der Waals surface area contributed by atoms with Crippen LogP contribution in [0.15, 0.2) is 34.9 Å². The second-order valence-electron chi connectivity index (χ2n) is 4.70. The smallest absolute Gasteiger partial charge is 0.233 e. The molecule has 0 saturated carbocycles. The van der Waals surface area contributed by atoms with E-state index in [2.05, 4.69) is 34.5 Å². The minimum Gasteiger partial charge on any atom is -0.378 e. The predicted molar refractivity (Wildman–Crippen MR) is 69.8 cm³/mol. The molecule has 2 aromatic rings. The molecule has 1 aromatic heterocycles. The van der Waals surface area contributed by atoms with Crippen molar-refractivity contribution in [1.82, 2.24) is 15.5 Å². The Hall–Kier alpha value is -1.72. The number of hydrogen-bond acceptors (Lipinski definition) is 5. The summed E-state index contributed by atoms with van der Waals surface area (Å²) in [7, 11) is 0. The first kappa shape index (κ1) is 12.3. The van der Waals surface area contributed by atoms with Crippen LogP contribution in [0, 0.1) is 0 Å². The number of nitrogens with one attached hydrogen (secondary N) is 1. The van der Waals surface area contributed by atoms with Gasteiger partial charge in [0.15, 0.2) is 5.82 Å². The average Bonchev–Trinajstić information content (AvgIpc) is 2.98. The first-order chi connectivity index (χ1) is 9.34. The van der Waals surface area contributed by atoms with Crippen LogP contribution in [0.3, 0.4) is 0 Å². The lowest BCUT2D eigenvalue weighted by molar-refractivity contribution is 0.0734. The highest BCUT2D eigenvalue weighted by molar-refractivity contribution is 5.23. The third-order valence-corrected chi connectivity index (χ3v) is 3.36. The Balaban J connectivity index is 1.77. The minimum atomic E-state index is 0.0363. The fourth-order valence-corrected chi connectivity index (χ4v) is 2.18. The van der Waals surface area contributed by atoms with Crippen LogP contribution in [0.2, 0.25) is 0 Å². The molecule has 2 atom stereocenters. The molecule has 1 fully saturated rings. The molecular weight excluding hydrogens is 242 g/mol. The summed E-state index contributed by atoms with van der Waals surface area (Å²) >= 11 is 0. The summed E-state index contributed by atoms with van der Waals surface area (Å²) in [5, 5.41) is 7.38. The molecule has 0 aliphatic carbocycles. The van der Waals surface area contributed by atoms with Gasteiger partial charge in [-0.25, -0.2) is 0 Å². The fraction of sp³-hybridized carbons (Fsp3) is 0.429. The summed E-state index contributed by atoms with van der Waals surface area (Å²) < 4.78 is 10.8. The molecular formula is C14H17N3O2. The van der Waals surface area contributed by atoms with Crippen LogP contribution in [0.25, 0.3) is 0 Å². The maximum atomic E-state index is 5.41. The van der Waals surface area contributed by atoms with Gasteiger partial charge < -0.3 is 14.6 Å². The summed E-state index contributed by atoms with van der Waals surface area (Å²) in [4.78, 5) is 4.49. The van der Waals surface area contributed by atoms with Crippen molar-refractivity contribution in [2.45, 2.75) is 18.9 Å². The molecule has 1 N–H and O–H groups in total. The van der Waals surface area contributed by atoms with E-state index in [1.54, 1.807) is 0 Å². The van der Waals surface area contributed by atoms with Crippen LogP contribution >= 0.6 is 0 Å². The van der Waals surface area contributed by atoms with Gasteiger partial charge >= 0.3 is 0 Å². The summed E-state index contributed by atoms with van der Waals surface area (Å²) in [6, 6.07) is 10.2. The number of hydrogen-bond donors (Lipinski definition) is 1. The Kier molecular flexibility index (Phi) is 3.57. The zero-order valence-electron chi connectivity index (χ0n) is 10.9. The lowest BCUT2D eigenvalue weighted by Crippen LogP contribution is -2.35.